The fourth-order valence-corrected chi connectivity index (χ4v) is 3.07. The lowest BCUT2D eigenvalue weighted by molar-refractivity contribution is -0.294. The van der Waals surface area contributed by atoms with Gasteiger partial charge in [-0.3, -0.25) is 4.90 Å². The molecule has 2 aliphatic rings. The molecule has 2 heterocycles. The summed E-state index contributed by atoms with van der Waals surface area (Å²) in [6.07, 6.45) is 3.64. The zero-order valence-electron chi connectivity index (χ0n) is 8.23. The molecule has 0 radical (unpaired) electrons. The molecule has 0 aromatic heterocycles. The van der Waals surface area contributed by atoms with E-state index in [2.05, 4.69) is 6.92 Å². The maximum absolute atomic E-state index is 10.8. The van der Waals surface area contributed by atoms with Crippen molar-refractivity contribution < 1.29 is 16.8 Å². The van der Waals surface area contributed by atoms with E-state index in [0.717, 1.165) is 32.4 Å². The van der Waals surface area contributed by atoms with Gasteiger partial charge in [0.05, 0.1) is 0 Å². The monoisotopic (exact) mass is 221 g/mol. The second kappa shape index (κ2) is 3.44. The smallest absolute Gasteiger partial charge is 0.250 e. The van der Waals surface area contributed by atoms with Gasteiger partial charge in [0.25, 0.3) is 5.91 Å². The highest BCUT2D eigenvalue weighted by Crippen LogP contribution is 2.41. The molecule has 0 bridgehead atoms. The lowest BCUT2D eigenvalue weighted by Gasteiger charge is -2.48. The van der Waals surface area contributed by atoms with E-state index < -0.39 is 16.3 Å². The first-order chi connectivity index (χ1) is 6.58. The van der Waals surface area contributed by atoms with Crippen LogP contribution in [0.4, 0.5) is 0 Å². The highest BCUT2D eigenvalue weighted by atomic mass is 32.3. The van der Waals surface area contributed by atoms with Crippen molar-refractivity contribution in [2.24, 2.45) is 0 Å². The molecule has 0 unspecified atom stereocenters. The fraction of sp³-hybridized carbons (Fsp3) is 1.00. The highest BCUT2D eigenvalue weighted by Gasteiger charge is 2.56. The predicted molar refractivity (Wildman–Crippen MR) is 49.5 cm³/mol. The third-order valence-corrected chi connectivity index (χ3v) is 3.54. The second-order valence-corrected chi connectivity index (χ2v) is 4.88. The van der Waals surface area contributed by atoms with Crippen molar-refractivity contribution in [1.82, 2.24) is 4.90 Å². The van der Waals surface area contributed by atoms with Crippen molar-refractivity contribution in [2.75, 3.05) is 13.1 Å². The van der Waals surface area contributed by atoms with Crippen LogP contribution in [0, 0.1) is 0 Å². The van der Waals surface area contributed by atoms with E-state index in [4.69, 9.17) is 8.37 Å². The van der Waals surface area contributed by atoms with E-state index in [9.17, 15) is 8.42 Å². The third-order valence-electron chi connectivity index (χ3n) is 2.61. The van der Waals surface area contributed by atoms with Crippen LogP contribution in [0.1, 0.15) is 32.6 Å². The number of rotatable bonds is 2. The van der Waals surface area contributed by atoms with Crippen LogP contribution < -0.4 is 0 Å². The molecule has 2 rings (SSSR count). The molecule has 0 aromatic carbocycles. The minimum atomic E-state index is -3.68. The maximum atomic E-state index is 10.8. The summed E-state index contributed by atoms with van der Waals surface area (Å²) in [5.74, 6) is -0.951. The van der Waals surface area contributed by atoms with Gasteiger partial charge in [-0.15, -0.1) is 0 Å². The summed E-state index contributed by atoms with van der Waals surface area (Å²) in [5, 5.41) is 0. The summed E-state index contributed by atoms with van der Waals surface area (Å²) in [6, 6.07) is 0. The van der Waals surface area contributed by atoms with Crippen molar-refractivity contribution in [3.63, 3.8) is 0 Å². The molecule has 14 heavy (non-hydrogen) atoms. The van der Waals surface area contributed by atoms with E-state index in [1.807, 2.05) is 4.90 Å². The molecule has 1 spiro atoms. The van der Waals surface area contributed by atoms with Gasteiger partial charge in [0.1, 0.15) is 0 Å². The molecule has 6 heteroatoms. The van der Waals surface area contributed by atoms with Gasteiger partial charge in [-0.05, 0) is 19.3 Å². The topological polar surface area (TPSA) is 55.8 Å². The van der Waals surface area contributed by atoms with Crippen LogP contribution in [0.15, 0.2) is 0 Å². The van der Waals surface area contributed by atoms with E-state index in [-0.39, 0.29) is 0 Å². The quantitative estimate of drug-likeness (QED) is 0.691. The Morgan fingerprint density at radius 2 is 2.07 bits per heavy atom. The summed E-state index contributed by atoms with van der Waals surface area (Å²) in [5.41, 5.74) is 0. The first-order valence-corrected chi connectivity index (χ1v) is 6.32. The van der Waals surface area contributed by atoms with Crippen molar-refractivity contribution in [1.29, 1.82) is 0 Å². The molecule has 0 aliphatic carbocycles. The number of hydrogen-bond donors (Lipinski definition) is 0. The van der Waals surface area contributed by atoms with Crippen LogP contribution >= 0.6 is 0 Å². The summed E-state index contributed by atoms with van der Waals surface area (Å²) in [4.78, 5) is 1.97. The molecule has 0 aromatic rings. The lowest BCUT2D eigenvalue weighted by atomic mass is 10.1. The number of nitrogens with zero attached hydrogens (tertiary/aromatic N) is 1. The van der Waals surface area contributed by atoms with Crippen LogP contribution in [0.5, 0.6) is 0 Å². The largest absolute Gasteiger partial charge is 0.407 e. The van der Waals surface area contributed by atoms with Gasteiger partial charge >= 0.3 is 10.4 Å². The summed E-state index contributed by atoms with van der Waals surface area (Å²) in [6.45, 7) is 3.72. The van der Waals surface area contributed by atoms with Crippen molar-refractivity contribution in [3.05, 3.63) is 0 Å². The zero-order valence-corrected chi connectivity index (χ0v) is 9.05. The minimum Gasteiger partial charge on any atom is -0.250 e. The highest BCUT2D eigenvalue weighted by molar-refractivity contribution is 7.82. The van der Waals surface area contributed by atoms with Crippen LogP contribution in [-0.2, 0) is 18.8 Å². The molecular weight excluding hydrogens is 206 g/mol. The Morgan fingerprint density at radius 3 is 2.64 bits per heavy atom. The van der Waals surface area contributed by atoms with E-state index in [0.29, 0.717) is 6.42 Å². The predicted octanol–water partition coefficient (Wildman–Crippen LogP) is 0.828. The van der Waals surface area contributed by atoms with E-state index in [1.54, 1.807) is 0 Å². The van der Waals surface area contributed by atoms with Crippen LogP contribution in [-0.4, -0.2) is 32.3 Å². The third kappa shape index (κ3) is 1.67. The van der Waals surface area contributed by atoms with Crippen LogP contribution in [0.25, 0.3) is 0 Å². The SMILES string of the molecule is CCCN1CCCCC12OS(=O)(=O)O2. The molecule has 82 valence electrons. The molecule has 0 N–H and O–H groups in total. The summed E-state index contributed by atoms with van der Waals surface area (Å²) >= 11 is 0. The average molecular weight is 221 g/mol. The van der Waals surface area contributed by atoms with Gasteiger partial charge < -0.3 is 0 Å². The standard InChI is InChI=1S/C8H15NO4S/c1-2-6-9-7-4-3-5-8(9)12-14(10,11)13-8/h2-7H2,1H3. The summed E-state index contributed by atoms with van der Waals surface area (Å²) in [7, 11) is -3.68. The van der Waals surface area contributed by atoms with Crippen LogP contribution in [0.2, 0.25) is 0 Å². The van der Waals surface area contributed by atoms with Gasteiger partial charge in [-0.25, -0.2) is 0 Å². The Labute approximate surface area is 84.3 Å². The normalized spacial score (nSPS) is 30.1. The van der Waals surface area contributed by atoms with Crippen molar-refractivity contribution in [3.8, 4) is 0 Å². The van der Waals surface area contributed by atoms with E-state index in [1.165, 1.54) is 0 Å². The average Bonchev–Trinajstić information content (AvgIpc) is 2.06. The Morgan fingerprint density at radius 1 is 1.36 bits per heavy atom. The zero-order chi connectivity index (χ0) is 10.2. The van der Waals surface area contributed by atoms with Gasteiger partial charge in [-0.1, -0.05) is 6.92 Å². The Bertz CT molecular complexity index is 299. The van der Waals surface area contributed by atoms with Crippen molar-refractivity contribution in [2.45, 2.75) is 38.5 Å². The molecule has 0 saturated carbocycles. The second-order valence-electron chi connectivity index (χ2n) is 3.73. The molecular formula is C8H15NO4S. The molecule has 5 nitrogen and oxygen atoms in total. The van der Waals surface area contributed by atoms with Gasteiger partial charge in [0.15, 0.2) is 0 Å². The van der Waals surface area contributed by atoms with Gasteiger partial charge in [0, 0.05) is 19.5 Å². The Kier molecular flexibility index (Phi) is 2.55. The van der Waals surface area contributed by atoms with Gasteiger partial charge in [-0.2, -0.15) is 16.8 Å². The van der Waals surface area contributed by atoms with Crippen LogP contribution in [0.3, 0.4) is 0 Å². The maximum Gasteiger partial charge on any atom is 0.407 e. The first-order valence-electron chi connectivity index (χ1n) is 4.99. The first kappa shape index (κ1) is 10.4. The molecule has 2 aliphatic heterocycles. The fourth-order valence-electron chi connectivity index (χ4n) is 2.05. The number of piperidine rings is 1. The van der Waals surface area contributed by atoms with Crippen molar-refractivity contribution >= 4 is 10.4 Å². The Balaban J connectivity index is 2.08. The molecule has 2 fully saturated rings. The Hall–Kier alpha value is -0.170. The lowest BCUT2D eigenvalue weighted by Crippen LogP contribution is -2.64. The molecule has 0 amide bonds. The van der Waals surface area contributed by atoms with E-state index >= 15 is 0 Å². The number of hydrogen-bond acceptors (Lipinski definition) is 5. The minimum absolute atomic E-state index is 0.645. The van der Waals surface area contributed by atoms with Gasteiger partial charge in [0.2, 0.25) is 0 Å². The molecule has 2 saturated heterocycles. The number of likely N-dealkylation sites (tertiary alicyclic amines) is 1. The summed E-state index contributed by atoms with van der Waals surface area (Å²) < 4.78 is 31.5. The molecule has 0 atom stereocenters.